The van der Waals surface area contributed by atoms with E-state index in [2.05, 4.69) is 0 Å². The van der Waals surface area contributed by atoms with Crippen LogP contribution in [0.25, 0.3) is 11.1 Å². The third-order valence-electron chi connectivity index (χ3n) is 3.22. The van der Waals surface area contributed by atoms with Crippen molar-refractivity contribution in [2.75, 3.05) is 6.61 Å². The number of esters is 1. The van der Waals surface area contributed by atoms with E-state index in [9.17, 15) is 4.79 Å². The molecule has 0 radical (unpaired) electrons. The molecule has 1 atom stereocenters. The summed E-state index contributed by atoms with van der Waals surface area (Å²) in [6, 6.07) is 13.7. The zero-order valence-electron chi connectivity index (χ0n) is 10.9. The third kappa shape index (κ3) is 2.32. The molecule has 3 rings (SSSR count). The molecule has 1 unspecified atom stereocenters. The van der Waals surface area contributed by atoms with E-state index >= 15 is 0 Å². The van der Waals surface area contributed by atoms with Gasteiger partial charge in [0.05, 0.1) is 6.61 Å². The Kier molecular flexibility index (Phi) is 3.72. The number of rotatable bonds is 2. The van der Waals surface area contributed by atoms with Crippen LogP contribution in [0.15, 0.2) is 47.4 Å². The summed E-state index contributed by atoms with van der Waals surface area (Å²) in [5, 5.41) is 0.397. The number of hydrogen-bond acceptors (Lipinski definition) is 3. The average Bonchev–Trinajstić information content (AvgIpc) is 2.47. The van der Waals surface area contributed by atoms with Crippen LogP contribution in [0.1, 0.15) is 17.7 Å². The molecule has 0 fully saturated rings. The fraction of sp³-hybridized carbons (Fsp3) is 0.188. The Morgan fingerprint density at radius 1 is 1.25 bits per heavy atom. The third-order valence-corrected chi connectivity index (χ3v) is 4.75. The Balaban J connectivity index is 2.13. The van der Waals surface area contributed by atoms with Gasteiger partial charge in [0.2, 0.25) is 0 Å². The van der Waals surface area contributed by atoms with Gasteiger partial charge >= 0.3 is 5.97 Å². The molecule has 20 heavy (non-hydrogen) atoms. The van der Waals surface area contributed by atoms with E-state index in [1.54, 1.807) is 0 Å². The van der Waals surface area contributed by atoms with Crippen molar-refractivity contribution in [1.82, 2.24) is 0 Å². The van der Waals surface area contributed by atoms with Crippen molar-refractivity contribution in [2.45, 2.75) is 17.1 Å². The Labute approximate surface area is 127 Å². The predicted molar refractivity (Wildman–Crippen MR) is 82.1 cm³/mol. The summed E-state index contributed by atoms with van der Waals surface area (Å²) in [5.41, 5.74) is 3.13. The van der Waals surface area contributed by atoms with Gasteiger partial charge in [-0.25, -0.2) is 0 Å². The maximum Gasteiger partial charge on any atom is 0.323 e. The molecule has 2 aromatic carbocycles. The predicted octanol–water partition coefficient (Wildman–Crippen LogP) is 4.72. The zero-order chi connectivity index (χ0) is 14.1. The number of hydrogen-bond donors (Lipinski definition) is 0. The van der Waals surface area contributed by atoms with Gasteiger partial charge in [-0.3, -0.25) is 4.79 Å². The lowest BCUT2D eigenvalue weighted by atomic mass is 9.96. The first-order valence-electron chi connectivity index (χ1n) is 6.43. The average molecular weight is 305 g/mol. The normalized spacial score (nSPS) is 16.2. The topological polar surface area (TPSA) is 26.3 Å². The second-order valence-corrected chi connectivity index (χ2v) is 6.06. The van der Waals surface area contributed by atoms with Crippen LogP contribution in [-0.2, 0) is 9.53 Å². The van der Waals surface area contributed by atoms with Gasteiger partial charge in [-0.1, -0.05) is 35.9 Å². The minimum Gasteiger partial charge on any atom is -0.465 e. The molecule has 1 aliphatic heterocycles. The monoisotopic (exact) mass is 304 g/mol. The van der Waals surface area contributed by atoms with Crippen molar-refractivity contribution >= 4 is 29.3 Å². The summed E-state index contributed by atoms with van der Waals surface area (Å²) in [6.07, 6.45) is 0. The van der Waals surface area contributed by atoms with E-state index in [1.165, 1.54) is 11.8 Å². The van der Waals surface area contributed by atoms with Crippen molar-refractivity contribution in [2.24, 2.45) is 0 Å². The molecule has 2 aromatic rings. The van der Waals surface area contributed by atoms with Crippen LogP contribution in [0.2, 0.25) is 5.02 Å². The van der Waals surface area contributed by atoms with Gasteiger partial charge < -0.3 is 4.74 Å². The number of carbonyl (C=O) groups is 1. The zero-order valence-corrected chi connectivity index (χ0v) is 12.5. The van der Waals surface area contributed by atoms with Crippen molar-refractivity contribution in [3.63, 3.8) is 0 Å². The molecule has 0 aromatic heterocycles. The molecule has 0 aliphatic carbocycles. The molecule has 0 N–H and O–H groups in total. The maximum atomic E-state index is 12.2. The van der Waals surface area contributed by atoms with Crippen LogP contribution in [0.3, 0.4) is 0 Å². The molecule has 1 heterocycles. The van der Waals surface area contributed by atoms with Crippen LogP contribution in [0.5, 0.6) is 0 Å². The van der Waals surface area contributed by atoms with Crippen LogP contribution >= 0.6 is 23.4 Å². The van der Waals surface area contributed by atoms with E-state index in [0.29, 0.717) is 11.6 Å². The lowest BCUT2D eigenvalue weighted by molar-refractivity contribution is -0.142. The summed E-state index contributed by atoms with van der Waals surface area (Å²) in [6.45, 7) is 2.22. The Hall–Kier alpha value is -1.45. The molecule has 0 saturated carbocycles. The van der Waals surface area contributed by atoms with E-state index in [0.717, 1.165) is 21.6 Å². The highest BCUT2D eigenvalue weighted by Crippen LogP contribution is 2.49. The number of fused-ring (bicyclic) bond motifs is 3. The number of halogens is 1. The summed E-state index contributed by atoms with van der Waals surface area (Å²) in [7, 11) is 0. The quantitative estimate of drug-likeness (QED) is 0.751. The highest BCUT2D eigenvalue weighted by molar-refractivity contribution is 8.00. The largest absolute Gasteiger partial charge is 0.465 e. The Morgan fingerprint density at radius 2 is 2.05 bits per heavy atom. The number of carbonyl (C=O) groups excluding carboxylic acids is 1. The van der Waals surface area contributed by atoms with Crippen molar-refractivity contribution < 1.29 is 9.53 Å². The van der Waals surface area contributed by atoms with Crippen molar-refractivity contribution in [1.29, 1.82) is 0 Å². The fourth-order valence-electron chi connectivity index (χ4n) is 2.37. The minimum absolute atomic E-state index is 0.189. The molecular weight excluding hydrogens is 292 g/mol. The second kappa shape index (κ2) is 5.51. The maximum absolute atomic E-state index is 12.2. The summed E-state index contributed by atoms with van der Waals surface area (Å²) < 4.78 is 5.19. The van der Waals surface area contributed by atoms with E-state index < -0.39 is 0 Å². The SMILES string of the molecule is CCOC(=O)C1Sc2ccc(Cl)cc2-c2ccccc21. The molecule has 102 valence electrons. The van der Waals surface area contributed by atoms with Gasteiger partial charge in [-0.05, 0) is 41.8 Å². The fourth-order valence-corrected chi connectivity index (χ4v) is 3.74. The lowest BCUT2D eigenvalue weighted by Gasteiger charge is -2.25. The van der Waals surface area contributed by atoms with Gasteiger partial charge in [0, 0.05) is 9.92 Å². The first-order chi connectivity index (χ1) is 9.70. The van der Waals surface area contributed by atoms with Crippen LogP contribution in [0.4, 0.5) is 0 Å². The molecule has 1 aliphatic rings. The highest BCUT2D eigenvalue weighted by atomic mass is 35.5. The van der Waals surface area contributed by atoms with E-state index in [4.69, 9.17) is 16.3 Å². The van der Waals surface area contributed by atoms with E-state index in [-0.39, 0.29) is 11.2 Å². The Bertz CT molecular complexity index is 669. The first kappa shape index (κ1) is 13.5. The summed E-state index contributed by atoms with van der Waals surface area (Å²) in [4.78, 5) is 13.2. The van der Waals surface area contributed by atoms with Crippen LogP contribution < -0.4 is 0 Å². The summed E-state index contributed by atoms with van der Waals surface area (Å²) >= 11 is 7.61. The van der Waals surface area contributed by atoms with Crippen LogP contribution in [-0.4, -0.2) is 12.6 Å². The smallest absolute Gasteiger partial charge is 0.323 e. The molecule has 2 nitrogen and oxygen atoms in total. The number of thioether (sulfide) groups is 1. The number of ether oxygens (including phenoxy) is 1. The molecular formula is C16H13ClO2S. The molecule has 0 spiro atoms. The first-order valence-corrected chi connectivity index (χ1v) is 7.68. The second-order valence-electron chi connectivity index (χ2n) is 4.48. The molecule has 0 amide bonds. The number of benzene rings is 2. The molecule has 0 saturated heterocycles. The van der Waals surface area contributed by atoms with Gasteiger partial charge in [-0.2, -0.15) is 0 Å². The summed E-state index contributed by atoms with van der Waals surface area (Å²) in [5.74, 6) is -0.189. The van der Waals surface area contributed by atoms with Gasteiger partial charge in [0.25, 0.3) is 0 Å². The Morgan fingerprint density at radius 3 is 2.85 bits per heavy atom. The standard InChI is InChI=1S/C16H13ClO2S/c1-2-19-16(18)15-12-6-4-3-5-11(12)13-9-10(17)7-8-14(13)20-15/h3-9,15H,2H2,1H3. The van der Waals surface area contributed by atoms with Crippen LogP contribution in [0, 0.1) is 0 Å². The highest BCUT2D eigenvalue weighted by Gasteiger charge is 2.31. The van der Waals surface area contributed by atoms with E-state index in [1.807, 2.05) is 49.4 Å². The molecule has 4 heteroatoms. The van der Waals surface area contributed by atoms with Gasteiger partial charge in [0.15, 0.2) is 0 Å². The van der Waals surface area contributed by atoms with Crippen molar-refractivity contribution in [3.05, 3.63) is 53.1 Å². The van der Waals surface area contributed by atoms with Gasteiger partial charge in [-0.15, -0.1) is 11.8 Å². The lowest BCUT2D eigenvalue weighted by Crippen LogP contribution is -2.16. The van der Waals surface area contributed by atoms with Gasteiger partial charge in [0.1, 0.15) is 5.25 Å². The van der Waals surface area contributed by atoms with Crippen molar-refractivity contribution in [3.8, 4) is 11.1 Å². The molecule has 0 bridgehead atoms. The minimum atomic E-state index is -0.306.